The number of carbonyl (C=O) groups excluding carboxylic acids is 1. The Balaban J connectivity index is 1.83. The lowest BCUT2D eigenvalue weighted by Gasteiger charge is -2.14. The fourth-order valence-corrected chi connectivity index (χ4v) is 2.38. The first-order valence-corrected chi connectivity index (χ1v) is 6.78. The first kappa shape index (κ1) is 13.1. The molecule has 1 heterocycles. The maximum atomic E-state index is 12.0. The van der Waals surface area contributed by atoms with Crippen molar-refractivity contribution in [3.63, 3.8) is 0 Å². The zero-order chi connectivity index (χ0) is 12.8. The van der Waals surface area contributed by atoms with Gasteiger partial charge in [-0.25, -0.2) is 4.79 Å². The van der Waals surface area contributed by atoms with E-state index in [4.69, 9.17) is 4.74 Å². The van der Waals surface area contributed by atoms with Crippen LogP contribution in [0.5, 0.6) is 0 Å². The molecule has 0 radical (unpaired) electrons. The number of benzene rings is 1. The Kier molecular flexibility index (Phi) is 4.76. The van der Waals surface area contributed by atoms with Gasteiger partial charge in [-0.05, 0) is 44.0 Å². The number of likely N-dealkylation sites (tertiary alicyclic amines) is 1. The number of hydrogen-bond acceptors (Lipinski definition) is 3. The number of nitrogens with zero attached hydrogens (tertiary/aromatic N) is 1. The third kappa shape index (κ3) is 3.33. The van der Waals surface area contributed by atoms with Crippen LogP contribution in [0, 0.1) is 0 Å². The van der Waals surface area contributed by atoms with Gasteiger partial charge in [0.05, 0.1) is 5.56 Å². The fraction of sp³-hybridized carbons (Fsp3) is 0.533. The molecule has 1 saturated heterocycles. The molecule has 0 unspecified atom stereocenters. The molecule has 98 valence electrons. The quantitative estimate of drug-likeness (QED) is 0.749. The topological polar surface area (TPSA) is 29.5 Å². The monoisotopic (exact) mass is 247 g/mol. The van der Waals surface area contributed by atoms with Crippen molar-refractivity contribution in [3.8, 4) is 0 Å². The maximum absolute atomic E-state index is 12.0. The van der Waals surface area contributed by atoms with Crippen molar-refractivity contribution in [2.75, 3.05) is 26.2 Å². The Morgan fingerprint density at radius 1 is 1.28 bits per heavy atom. The normalized spacial score (nSPS) is 15.8. The molecule has 1 aliphatic rings. The van der Waals surface area contributed by atoms with Crippen LogP contribution in [0.1, 0.15) is 35.7 Å². The van der Waals surface area contributed by atoms with E-state index in [1.165, 1.54) is 12.8 Å². The molecule has 0 saturated carbocycles. The molecule has 3 nitrogen and oxygen atoms in total. The number of ether oxygens (including phenoxy) is 1. The van der Waals surface area contributed by atoms with E-state index in [9.17, 15) is 4.79 Å². The summed E-state index contributed by atoms with van der Waals surface area (Å²) >= 11 is 0. The highest BCUT2D eigenvalue weighted by atomic mass is 16.5. The minimum Gasteiger partial charge on any atom is -0.461 e. The van der Waals surface area contributed by atoms with Gasteiger partial charge in [0.1, 0.15) is 6.61 Å². The molecule has 0 amide bonds. The molecule has 0 aromatic heterocycles. The fourth-order valence-electron chi connectivity index (χ4n) is 2.38. The smallest absolute Gasteiger partial charge is 0.338 e. The lowest BCUT2D eigenvalue weighted by molar-refractivity contribution is 0.0471. The second kappa shape index (κ2) is 6.55. The molecule has 1 aromatic rings. The van der Waals surface area contributed by atoms with Crippen LogP contribution in [-0.4, -0.2) is 37.1 Å². The van der Waals surface area contributed by atoms with Crippen LogP contribution in [0.3, 0.4) is 0 Å². The molecule has 1 fully saturated rings. The van der Waals surface area contributed by atoms with Crippen LogP contribution < -0.4 is 0 Å². The maximum Gasteiger partial charge on any atom is 0.338 e. The highest BCUT2D eigenvalue weighted by Gasteiger charge is 2.14. The lowest BCUT2D eigenvalue weighted by Crippen LogP contribution is -2.25. The molecule has 0 bridgehead atoms. The Labute approximate surface area is 109 Å². The summed E-state index contributed by atoms with van der Waals surface area (Å²) in [6.45, 7) is 5.69. The van der Waals surface area contributed by atoms with E-state index in [0.29, 0.717) is 12.2 Å². The van der Waals surface area contributed by atoms with Crippen molar-refractivity contribution >= 4 is 5.97 Å². The molecule has 3 heteroatoms. The van der Waals surface area contributed by atoms with E-state index in [-0.39, 0.29) is 5.97 Å². The zero-order valence-electron chi connectivity index (χ0n) is 11.0. The minimum absolute atomic E-state index is 0.188. The van der Waals surface area contributed by atoms with Crippen molar-refractivity contribution < 1.29 is 9.53 Å². The van der Waals surface area contributed by atoms with E-state index in [0.717, 1.165) is 31.6 Å². The van der Waals surface area contributed by atoms with Gasteiger partial charge < -0.3 is 4.74 Å². The predicted molar refractivity (Wildman–Crippen MR) is 71.8 cm³/mol. The first-order valence-electron chi connectivity index (χ1n) is 6.78. The Hall–Kier alpha value is -1.35. The standard InChI is InChI=1S/C15H21NO2/c1-2-13-7-3-4-8-14(13)15(17)18-12-11-16-9-5-6-10-16/h3-4,7-8H,2,5-6,9-12H2,1H3. The van der Waals surface area contributed by atoms with Gasteiger partial charge >= 0.3 is 5.97 Å². The van der Waals surface area contributed by atoms with Gasteiger partial charge in [0.15, 0.2) is 0 Å². The highest BCUT2D eigenvalue weighted by Crippen LogP contribution is 2.11. The van der Waals surface area contributed by atoms with E-state index >= 15 is 0 Å². The number of aryl methyl sites for hydroxylation is 1. The summed E-state index contributed by atoms with van der Waals surface area (Å²) < 4.78 is 5.35. The van der Waals surface area contributed by atoms with Crippen LogP contribution in [0.2, 0.25) is 0 Å². The lowest BCUT2D eigenvalue weighted by atomic mass is 10.1. The van der Waals surface area contributed by atoms with Crippen LogP contribution >= 0.6 is 0 Å². The molecule has 1 aliphatic heterocycles. The molecule has 1 aromatic carbocycles. The first-order chi connectivity index (χ1) is 8.81. The van der Waals surface area contributed by atoms with E-state index in [1.807, 2.05) is 24.3 Å². The molecule has 0 atom stereocenters. The van der Waals surface area contributed by atoms with Crippen molar-refractivity contribution in [1.29, 1.82) is 0 Å². The SMILES string of the molecule is CCc1ccccc1C(=O)OCCN1CCCC1. The predicted octanol–water partition coefficient (Wildman–Crippen LogP) is 2.50. The van der Waals surface area contributed by atoms with E-state index in [2.05, 4.69) is 11.8 Å². The van der Waals surface area contributed by atoms with Crippen LogP contribution in [0.25, 0.3) is 0 Å². The van der Waals surface area contributed by atoms with Crippen LogP contribution in [-0.2, 0) is 11.2 Å². The van der Waals surface area contributed by atoms with Gasteiger partial charge in [0.2, 0.25) is 0 Å². The second-order valence-electron chi connectivity index (χ2n) is 4.70. The van der Waals surface area contributed by atoms with Crippen molar-refractivity contribution in [2.45, 2.75) is 26.2 Å². The van der Waals surface area contributed by atoms with Gasteiger partial charge in [-0.2, -0.15) is 0 Å². The minimum atomic E-state index is -0.188. The summed E-state index contributed by atoms with van der Waals surface area (Å²) in [6.07, 6.45) is 3.40. The molecule has 2 rings (SSSR count). The van der Waals surface area contributed by atoms with Crippen LogP contribution in [0.4, 0.5) is 0 Å². The molecule has 0 spiro atoms. The molecule has 0 aliphatic carbocycles. The van der Waals surface area contributed by atoms with Gasteiger partial charge in [0.25, 0.3) is 0 Å². The Morgan fingerprint density at radius 2 is 2.00 bits per heavy atom. The van der Waals surface area contributed by atoms with Crippen molar-refractivity contribution in [1.82, 2.24) is 4.90 Å². The summed E-state index contributed by atoms with van der Waals surface area (Å²) in [6, 6.07) is 7.67. The second-order valence-corrected chi connectivity index (χ2v) is 4.70. The molecule has 0 N–H and O–H groups in total. The number of carbonyl (C=O) groups is 1. The highest BCUT2D eigenvalue weighted by molar-refractivity contribution is 5.91. The third-order valence-corrected chi connectivity index (χ3v) is 3.46. The number of hydrogen-bond donors (Lipinski definition) is 0. The summed E-state index contributed by atoms with van der Waals surface area (Å²) in [5.41, 5.74) is 1.77. The summed E-state index contributed by atoms with van der Waals surface area (Å²) in [5.74, 6) is -0.188. The number of esters is 1. The van der Waals surface area contributed by atoms with Crippen LogP contribution in [0.15, 0.2) is 24.3 Å². The van der Waals surface area contributed by atoms with Crippen molar-refractivity contribution in [3.05, 3.63) is 35.4 Å². The summed E-state index contributed by atoms with van der Waals surface area (Å²) in [7, 11) is 0. The zero-order valence-corrected chi connectivity index (χ0v) is 11.0. The molecular weight excluding hydrogens is 226 g/mol. The average molecular weight is 247 g/mol. The average Bonchev–Trinajstić information content (AvgIpc) is 2.91. The van der Waals surface area contributed by atoms with E-state index in [1.54, 1.807) is 0 Å². The number of rotatable bonds is 5. The molecule has 18 heavy (non-hydrogen) atoms. The van der Waals surface area contributed by atoms with Gasteiger partial charge in [-0.3, -0.25) is 4.90 Å². The Morgan fingerprint density at radius 3 is 2.72 bits per heavy atom. The van der Waals surface area contributed by atoms with Gasteiger partial charge in [-0.1, -0.05) is 25.1 Å². The summed E-state index contributed by atoms with van der Waals surface area (Å²) in [5, 5.41) is 0. The van der Waals surface area contributed by atoms with Gasteiger partial charge in [-0.15, -0.1) is 0 Å². The third-order valence-electron chi connectivity index (χ3n) is 3.46. The largest absolute Gasteiger partial charge is 0.461 e. The van der Waals surface area contributed by atoms with Gasteiger partial charge in [0, 0.05) is 6.54 Å². The summed E-state index contributed by atoms with van der Waals surface area (Å²) in [4.78, 5) is 14.3. The Bertz CT molecular complexity index is 397. The molecular formula is C15H21NO2. The van der Waals surface area contributed by atoms with Crippen molar-refractivity contribution in [2.24, 2.45) is 0 Å². The van der Waals surface area contributed by atoms with E-state index < -0.39 is 0 Å².